The van der Waals surface area contributed by atoms with E-state index in [4.69, 9.17) is 9.84 Å². The van der Waals surface area contributed by atoms with Crippen molar-refractivity contribution in [3.63, 3.8) is 0 Å². The molecule has 122 valence electrons. The van der Waals surface area contributed by atoms with Gasteiger partial charge in [-0.25, -0.2) is 0 Å². The maximum atomic E-state index is 12.7. The molecule has 1 saturated heterocycles. The molecule has 1 fully saturated rings. The summed E-state index contributed by atoms with van der Waals surface area (Å²) in [6.07, 6.45) is 0.876. The van der Waals surface area contributed by atoms with Gasteiger partial charge < -0.3 is 20.1 Å². The second kappa shape index (κ2) is 6.37. The van der Waals surface area contributed by atoms with Gasteiger partial charge in [-0.1, -0.05) is 0 Å². The summed E-state index contributed by atoms with van der Waals surface area (Å²) in [4.78, 5) is 36.6. The number of benzene rings is 1. The van der Waals surface area contributed by atoms with Crippen LogP contribution in [0.5, 0.6) is 0 Å². The Hall–Kier alpha value is -2.41. The number of ether oxygens (including phenoxy) is 1. The average molecular weight is 318 g/mol. The molecule has 0 aliphatic carbocycles. The van der Waals surface area contributed by atoms with E-state index in [9.17, 15) is 14.4 Å². The molecule has 1 aromatic carbocycles. The fraction of sp³-hybridized carbons (Fsp3) is 0.438. The number of nitrogens with one attached hydrogen (secondary N) is 1. The molecule has 2 aliphatic heterocycles. The number of carbonyl (C=O) groups excluding carboxylic acids is 2. The Kier molecular flexibility index (Phi) is 4.29. The first-order chi connectivity index (χ1) is 11.0. The van der Waals surface area contributed by atoms with Crippen molar-refractivity contribution in [3.8, 4) is 0 Å². The minimum atomic E-state index is -0.952. The Bertz CT molecular complexity index is 658. The van der Waals surface area contributed by atoms with Crippen molar-refractivity contribution in [2.24, 2.45) is 0 Å². The van der Waals surface area contributed by atoms with Crippen LogP contribution >= 0.6 is 0 Å². The molecule has 0 radical (unpaired) electrons. The number of hydrogen-bond donors (Lipinski definition) is 2. The van der Waals surface area contributed by atoms with Gasteiger partial charge in [0, 0.05) is 24.2 Å². The zero-order chi connectivity index (χ0) is 16.4. The van der Waals surface area contributed by atoms with E-state index in [0.29, 0.717) is 31.6 Å². The Morgan fingerprint density at radius 3 is 2.96 bits per heavy atom. The van der Waals surface area contributed by atoms with Crippen LogP contribution in [0.4, 0.5) is 5.69 Å². The first kappa shape index (κ1) is 15.5. The molecule has 0 aromatic heterocycles. The monoisotopic (exact) mass is 318 g/mol. The highest BCUT2D eigenvalue weighted by molar-refractivity contribution is 5.98. The molecule has 2 amide bonds. The third-order valence-corrected chi connectivity index (χ3v) is 4.15. The number of carboxylic acid groups (broad SMARTS) is 1. The number of carboxylic acids is 1. The Morgan fingerprint density at radius 1 is 1.35 bits per heavy atom. The van der Waals surface area contributed by atoms with E-state index < -0.39 is 12.0 Å². The summed E-state index contributed by atoms with van der Waals surface area (Å²) >= 11 is 0. The Morgan fingerprint density at radius 2 is 2.17 bits per heavy atom. The number of rotatable bonds is 3. The maximum Gasteiger partial charge on any atom is 0.305 e. The second-order valence-corrected chi connectivity index (χ2v) is 5.75. The van der Waals surface area contributed by atoms with Crippen molar-refractivity contribution < 1.29 is 24.2 Å². The van der Waals surface area contributed by atoms with Gasteiger partial charge in [0.15, 0.2) is 0 Å². The van der Waals surface area contributed by atoms with Crippen LogP contribution in [0, 0.1) is 0 Å². The predicted octanol–water partition coefficient (Wildman–Crippen LogP) is 0.887. The van der Waals surface area contributed by atoms with E-state index in [1.165, 1.54) is 0 Å². The molecule has 3 rings (SSSR count). The minimum Gasteiger partial charge on any atom is -0.481 e. The maximum absolute atomic E-state index is 12.7. The molecular weight excluding hydrogens is 300 g/mol. The number of aryl methyl sites for hydroxylation is 1. The normalized spacial score (nSPS) is 20.6. The number of fused-ring (bicyclic) bond motifs is 1. The molecule has 2 heterocycles. The van der Waals surface area contributed by atoms with Crippen LogP contribution in [-0.4, -0.2) is 53.6 Å². The van der Waals surface area contributed by atoms with Crippen LogP contribution in [0.25, 0.3) is 0 Å². The molecule has 1 unspecified atom stereocenters. The number of amides is 2. The van der Waals surface area contributed by atoms with Crippen molar-refractivity contribution >= 4 is 23.5 Å². The van der Waals surface area contributed by atoms with Gasteiger partial charge in [0.2, 0.25) is 5.91 Å². The van der Waals surface area contributed by atoms with Gasteiger partial charge in [-0.15, -0.1) is 0 Å². The lowest BCUT2D eigenvalue weighted by atomic mass is 9.99. The standard InChI is InChI=1S/C16H18N2O5/c19-14-4-2-10-7-11(1-3-13(10)17-14)16(22)18-5-6-23-9-12(18)8-15(20)21/h1,3,7,12H,2,4-6,8-9H2,(H,17,19)(H,20,21). The molecule has 0 saturated carbocycles. The molecule has 2 aliphatic rings. The summed E-state index contributed by atoms with van der Waals surface area (Å²) < 4.78 is 5.30. The second-order valence-electron chi connectivity index (χ2n) is 5.75. The van der Waals surface area contributed by atoms with E-state index in [-0.39, 0.29) is 24.8 Å². The average Bonchev–Trinajstić information content (AvgIpc) is 2.53. The topological polar surface area (TPSA) is 95.9 Å². The molecule has 2 N–H and O–H groups in total. The zero-order valence-electron chi connectivity index (χ0n) is 12.6. The van der Waals surface area contributed by atoms with E-state index in [1.807, 2.05) is 0 Å². The van der Waals surface area contributed by atoms with Crippen LogP contribution in [-0.2, 0) is 20.7 Å². The third kappa shape index (κ3) is 3.34. The Balaban J connectivity index is 1.81. The van der Waals surface area contributed by atoms with E-state index in [0.717, 1.165) is 11.3 Å². The van der Waals surface area contributed by atoms with E-state index in [2.05, 4.69) is 5.32 Å². The number of nitrogens with zero attached hydrogens (tertiary/aromatic N) is 1. The van der Waals surface area contributed by atoms with Gasteiger partial charge >= 0.3 is 5.97 Å². The van der Waals surface area contributed by atoms with Gasteiger partial charge in [0.05, 0.1) is 25.7 Å². The van der Waals surface area contributed by atoms with Crippen LogP contribution in [0.2, 0.25) is 0 Å². The van der Waals surface area contributed by atoms with Crippen molar-refractivity contribution in [1.82, 2.24) is 4.90 Å². The summed E-state index contributed by atoms with van der Waals surface area (Å²) in [5.74, 6) is -1.17. The number of aliphatic carboxylic acids is 1. The number of carbonyl (C=O) groups is 3. The lowest BCUT2D eigenvalue weighted by Gasteiger charge is -2.35. The highest BCUT2D eigenvalue weighted by atomic mass is 16.5. The number of hydrogen-bond acceptors (Lipinski definition) is 4. The molecule has 1 atom stereocenters. The van der Waals surface area contributed by atoms with Gasteiger partial charge in [-0.3, -0.25) is 14.4 Å². The lowest BCUT2D eigenvalue weighted by Crippen LogP contribution is -2.49. The lowest BCUT2D eigenvalue weighted by molar-refractivity contribution is -0.139. The van der Waals surface area contributed by atoms with Crippen LogP contribution < -0.4 is 5.32 Å². The summed E-state index contributed by atoms with van der Waals surface area (Å²) in [6.45, 7) is 1.02. The highest BCUT2D eigenvalue weighted by Gasteiger charge is 2.30. The first-order valence-corrected chi connectivity index (χ1v) is 7.58. The summed E-state index contributed by atoms with van der Waals surface area (Å²) in [5, 5.41) is 11.8. The number of morpholine rings is 1. The van der Waals surface area contributed by atoms with Crippen LogP contribution in [0.1, 0.15) is 28.8 Å². The smallest absolute Gasteiger partial charge is 0.305 e. The predicted molar refractivity (Wildman–Crippen MR) is 81.3 cm³/mol. The van der Waals surface area contributed by atoms with Crippen molar-refractivity contribution in [2.75, 3.05) is 25.1 Å². The largest absolute Gasteiger partial charge is 0.481 e. The van der Waals surface area contributed by atoms with Gasteiger partial charge in [0.1, 0.15) is 0 Å². The highest BCUT2D eigenvalue weighted by Crippen LogP contribution is 2.25. The van der Waals surface area contributed by atoms with Gasteiger partial charge in [-0.2, -0.15) is 0 Å². The first-order valence-electron chi connectivity index (χ1n) is 7.58. The quantitative estimate of drug-likeness (QED) is 0.863. The molecular formula is C16H18N2O5. The molecule has 23 heavy (non-hydrogen) atoms. The third-order valence-electron chi connectivity index (χ3n) is 4.15. The van der Waals surface area contributed by atoms with Gasteiger partial charge in [-0.05, 0) is 30.2 Å². The Labute approximate surface area is 133 Å². The molecule has 7 nitrogen and oxygen atoms in total. The molecule has 7 heteroatoms. The molecule has 0 bridgehead atoms. The van der Waals surface area contributed by atoms with Crippen molar-refractivity contribution in [3.05, 3.63) is 29.3 Å². The zero-order valence-corrected chi connectivity index (χ0v) is 12.6. The van der Waals surface area contributed by atoms with Gasteiger partial charge in [0.25, 0.3) is 5.91 Å². The minimum absolute atomic E-state index is 0.0220. The summed E-state index contributed by atoms with van der Waals surface area (Å²) in [7, 11) is 0. The fourth-order valence-electron chi connectivity index (χ4n) is 2.98. The SMILES string of the molecule is O=C(O)CC1COCCN1C(=O)c1ccc2c(c1)CCC(=O)N2. The van der Waals surface area contributed by atoms with E-state index in [1.54, 1.807) is 23.1 Å². The number of anilines is 1. The summed E-state index contributed by atoms with van der Waals surface area (Å²) in [5.41, 5.74) is 2.18. The van der Waals surface area contributed by atoms with Crippen molar-refractivity contribution in [2.45, 2.75) is 25.3 Å². The van der Waals surface area contributed by atoms with Crippen LogP contribution in [0.3, 0.4) is 0 Å². The molecule has 0 spiro atoms. The van der Waals surface area contributed by atoms with E-state index >= 15 is 0 Å². The fourth-order valence-corrected chi connectivity index (χ4v) is 2.98. The molecule has 1 aromatic rings. The summed E-state index contributed by atoms with van der Waals surface area (Å²) in [6, 6.07) is 4.72. The van der Waals surface area contributed by atoms with Crippen molar-refractivity contribution in [1.29, 1.82) is 0 Å². The van der Waals surface area contributed by atoms with Crippen LogP contribution in [0.15, 0.2) is 18.2 Å².